The van der Waals surface area contributed by atoms with Crippen LogP contribution in [-0.2, 0) is 17.4 Å². The van der Waals surface area contributed by atoms with Crippen molar-refractivity contribution >= 4 is 5.97 Å². The number of carboxylic acid groups (broad SMARTS) is 1. The van der Waals surface area contributed by atoms with Gasteiger partial charge in [0.2, 0.25) is 0 Å². The molecule has 0 bridgehead atoms. The van der Waals surface area contributed by atoms with E-state index < -0.39 is 35.5 Å². The summed E-state index contributed by atoms with van der Waals surface area (Å²) < 4.78 is 49.8. The van der Waals surface area contributed by atoms with Crippen LogP contribution < -0.4 is 5.11 Å². The molecule has 0 saturated heterocycles. The summed E-state index contributed by atoms with van der Waals surface area (Å²) in [6, 6.07) is 2.27. The summed E-state index contributed by atoms with van der Waals surface area (Å²) in [4.78, 5) is 10.2. The van der Waals surface area contributed by atoms with Gasteiger partial charge in [0.15, 0.2) is 0 Å². The highest BCUT2D eigenvalue weighted by Gasteiger charge is 2.34. The number of rotatable bonds is 2. The number of hydrogen-bond acceptors (Lipinski definition) is 2. The zero-order valence-electron chi connectivity index (χ0n) is 7.27. The summed E-state index contributed by atoms with van der Waals surface area (Å²) in [7, 11) is 0. The fourth-order valence-corrected chi connectivity index (χ4v) is 1.15. The van der Waals surface area contributed by atoms with E-state index in [-0.39, 0.29) is 0 Å². The normalized spacial score (nSPS) is 11.5. The molecule has 1 aromatic carbocycles. The van der Waals surface area contributed by atoms with Crippen molar-refractivity contribution in [3.8, 4) is 0 Å². The van der Waals surface area contributed by atoms with Crippen LogP contribution >= 0.6 is 0 Å². The van der Waals surface area contributed by atoms with E-state index in [0.29, 0.717) is 6.07 Å². The van der Waals surface area contributed by atoms with Crippen LogP contribution in [0, 0.1) is 5.82 Å². The molecule has 0 amide bonds. The molecule has 1 rings (SSSR count). The number of carbonyl (C=O) groups is 1. The molecule has 0 radical (unpaired) electrons. The molecule has 0 unspecified atom stereocenters. The molecule has 0 aliphatic carbocycles. The summed E-state index contributed by atoms with van der Waals surface area (Å²) in [5.74, 6) is -2.96. The minimum absolute atomic E-state index is 0.626. The molecule has 1 aromatic rings. The number of hydrogen-bond donors (Lipinski definition) is 0. The van der Waals surface area contributed by atoms with Crippen molar-refractivity contribution in [1.82, 2.24) is 0 Å². The number of halogens is 4. The van der Waals surface area contributed by atoms with Gasteiger partial charge in [-0.15, -0.1) is 0 Å². The van der Waals surface area contributed by atoms with Gasteiger partial charge in [0, 0.05) is 18.0 Å². The molecule has 6 heteroatoms. The first-order valence-electron chi connectivity index (χ1n) is 3.87. The first-order valence-corrected chi connectivity index (χ1v) is 3.87. The maximum atomic E-state index is 12.9. The van der Waals surface area contributed by atoms with E-state index in [9.17, 15) is 27.5 Å². The third kappa shape index (κ3) is 2.68. The van der Waals surface area contributed by atoms with Gasteiger partial charge in [0.05, 0.1) is 5.56 Å². The fourth-order valence-electron chi connectivity index (χ4n) is 1.15. The Bertz CT molecular complexity index is 384. The van der Waals surface area contributed by atoms with Gasteiger partial charge in [0.1, 0.15) is 5.82 Å². The average molecular weight is 221 g/mol. The Balaban J connectivity index is 3.26. The van der Waals surface area contributed by atoms with Crippen LogP contribution in [0.1, 0.15) is 11.1 Å². The monoisotopic (exact) mass is 221 g/mol. The Morgan fingerprint density at radius 1 is 1.33 bits per heavy atom. The van der Waals surface area contributed by atoms with Gasteiger partial charge < -0.3 is 9.90 Å². The van der Waals surface area contributed by atoms with E-state index in [2.05, 4.69) is 0 Å². The van der Waals surface area contributed by atoms with Crippen molar-refractivity contribution in [3.63, 3.8) is 0 Å². The quantitative estimate of drug-likeness (QED) is 0.702. The third-order valence-corrected chi connectivity index (χ3v) is 1.75. The summed E-state index contributed by atoms with van der Waals surface area (Å²) in [5, 5.41) is 10.2. The molecule has 0 aromatic heterocycles. The number of carbonyl (C=O) groups excluding carboxylic acids is 1. The maximum Gasteiger partial charge on any atom is 0.416 e. The molecule has 0 fully saturated rings. The van der Waals surface area contributed by atoms with Crippen LogP contribution in [0.5, 0.6) is 0 Å². The average Bonchev–Trinajstić information content (AvgIpc) is 2.05. The molecule has 0 heterocycles. The molecule has 0 aliphatic heterocycles. The molecule has 0 atom stereocenters. The largest absolute Gasteiger partial charge is 0.550 e. The first kappa shape index (κ1) is 11.5. The number of aliphatic carboxylic acids is 1. The minimum atomic E-state index is -4.77. The highest BCUT2D eigenvalue weighted by atomic mass is 19.4. The van der Waals surface area contributed by atoms with Gasteiger partial charge in [-0.1, -0.05) is 6.07 Å². The van der Waals surface area contributed by atoms with E-state index in [1.54, 1.807) is 0 Å². The van der Waals surface area contributed by atoms with Crippen molar-refractivity contribution in [2.45, 2.75) is 12.6 Å². The summed E-state index contributed by atoms with van der Waals surface area (Å²) in [5.41, 5.74) is -2.18. The molecule has 15 heavy (non-hydrogen) atoms. The Hall–Kier alpha value is -1.59. The topological polar surface area (TPSA) is 40.1 Å². The Morgan fingerprint density at radius 2 is 1.93 bits per heavy atom. The van der Waals surface area contributed by atoms with Crippen molar-refractivity contribution in [3.05, 3.63) is 35.1 Å². The SMILES string of the molecule is O=C([O-])Cc1c(F)cccc1C(F)(F)F. The summed E-state index contributed by atoms with van der Waals surface area (Å²) in [6.07, 6.45) is -5.87. The maximum absolute atomic E-state index is 12.9. The Morgan fingerprint density at radius 3 is 2.40 bits per heavy atom. The highest BCUT2D eigenvalue weighted by molar-refractivity contribution is 5.68. The van der Waals surface area contributed by atoms with Crippen LogP contribution in [-0.4, -0.2) is 5.97 Å². The predicted molar refractivity (Wildman–Crippen MR) is 40.1 cm³/mol. The molecule has 0 aliphatic rings. The van der Waals surface area contributed by atoms with Crippen LogP contribution in [0.3, 0.4) is 0 Å². The van der Waals surface area contributed by atoms with Crippen molar-refractivity contribution in [1.29, 1.82) is 0 Å². The molecule has 2 nitrogen and oxygen atoms in total. The van der Waals surface area contributed by atoms with E-state index >= 15 is 0 Å². The van der Waals surface area contributed by atoms with E-state index in [0.717, 1.165) is 12.1 Å². The number of benzene rings is 1. The van der Waals surface area contributed by atoms with Gasteiger partial charge >= 0.3 is 6.18 Å². The second kappa shape index (κ2) is 3.88. The number of alkyl halides is 3. The zero-order valence-corrected chi connectivity index (χ0v) is 7.27. The molecule has 82 valence electrons. The molecular formula is C9H5F4O2-. The van der Waals surface area contributed by atoms with Crippen LogP contribution in [0.4, 0.5) is 17.6 Å². The van der Waals surface area contributed by atoms with Crippen molar-refractivity contribution in [2.24, 2.45) is 0 Å². The van der Waals surface area contributed by atoms with Gasteiger partial charge in [-0.25, -0.2) is 4.39 Å². The lowest BCUT2D eigenvalue weighted by atomic mass is 10.0. The molecular weight excluding hydrogens is 216 g/mol. The lowest BCUT2D eigenvalue weighted by Gasteiger charge is -2.13. The standard InChI is InChI=1S/C9H6F4O2/c10-7-3-1-2-6(9(11,12)13)5(7)4-8(14)15/h1-3H,4H2,(H,14,15)/p-1. The summed E-state index contributed by atoms with van der Waals surface area (Å²) >= 11 is 0. The van der Waals surface area contributed by atoms with Crippen LogP contribution in [0.2, 0.25) is 0 Å². The lowest BCUT2D eigenvalue weighted by molar-refractivity contribution is -0.304. The molecule has 0 spiro atoms. The Labute approximate surface area is 82.1 Å². The summed E-state index contributed by atoms with van der Waals surface area (Å²) in [6.45, 7) is 0. The third-order valence-electron chi connectivity index (χ3n) is 1.75. The molecule has 0 saturated carbocycles. The predicted octanol–water partition coefficient (Wildman–Crippen LogP) is 1.14. The molecule has 0 N–H and O–H groups in total. The second-order valence-electron chi connectivity index (χ2n) is 2.81. The van der Waals surface area contributed by atoms with Crippen molar-refractivity contribution < 1.29 is 27.5 Å². The van der Waals surface area contributed by atoms with Gasteiger partial charge in [-0.2, -0.15) is 13.2 Å². The Kier molecular flexibility index (Phi) is 2.97. The first-order chi connectivity index (χ1) is 6.82. The lowest BCUT2D eigenvalue weighted by Crippen LogP contribution is -2.26. The van der Waals surface area contributed by atoms with Crippen molar-refractivity contribution in [2.75, 3.05) is 0 Å². The van der Waals surface area contributed by atoms with Crippen LogP contribution in [0.15, 0.2) is 18.2 Å². The van der Waals surface area contributed by atoms with Crippen LogP contribution in [0.25, 0.3) is 0 Å². The zero-order chi connectivity index (χ0) is 11.6. The van der Waals surface area contributed by atoms with E-state index in [4.69, 9.17) is 0 Å². The smallest absolute Gasteiger partial charge is 0.416 e. The van der Waals surface area contributed by atoms with E-state index in [1.807, 2.05) is 0 Å². The van der Waals surface area contributed by atoms with E-state index in [1.165, 1.54) is 0 Å². The fraction of sp³-hybridized carbons (Fsp3) is 0.222. The second-order valence-corrected chi connectivity index (χ2v) is 2.81. The highest BCUT2D eigenvalue weighted by Crippen LogP contribution is 2.33. The van der Waals surface area contributed by atoms with Gasteiger partial charge in [-0.3, -0.25) is 0 Å². The van der Waals surface area contributed by atoms with Gasteiger partial charge in [-0.05, 0) is 12.1 Å². The number of carboxylic acids is 1. The van der Waals surface area contributed by atoms with Gasteiger partial charge in [0.25, 0.3) is 0 Å². The minimum Gasteiger partial charge on any atom is -0.550 e.